The number of nitrogens with two attached hydrogens (primary N) is 1. The number of hydrogen-bond donors (Lipinski definition) is 1. The largest absolute Gasteiger partial charge is 0.375 e. The minimum atomic E-state index is -0.352. The van der Waals surface area contributed by atoms with E-state index >= 15 is 0 Å². The summed E-state index contributed by atoms with van der Waals surface area (Å²) in [6.45, 7) is 6.69. The van der Waals surface area contributed by atoms with Gasteiger partial charge in [-0.2, -0.15) is 0 Å². The van der Waals surface area contributed by atoms with Gasteiger partial charge < -0.3 is 15.5 Å². The SMILES string of the molecule is CCCN1CCC2(CCN(C(=O)c3sc(N)nc3C)C2)C1=O. The molecule has 6 nitrogen and oxygen atoms in total. The van der Waals surface area contributed by atoms with Gasteiger partial charge in [-0.15, -0.1) is 0 Å². The summed E-state index contributed by atoms with van der Waals surface area (Å²) in [5, 5.41) is 0.417. The van der Waals surface area contributed by atoms with E-state index in [9.17, 15) is 9.59 Å². The first-order chi connectivity index (χ1) is 10.5. The van der Waals surface area contributed by atoms with E-state index < -0.39 is 0 Å². The number of anilines is 1. The van der Waals surface area contributed by atoms with E-state index in [0.717, 1.165) is 32.4 Å². The van der Waals surface area contributed by atoms with E-state index in [2.05, 4.69) is 11.9 Å². The molecule has 2 amide bonds. The maximum atomic E-state index is 12.7. The highest BCUT2D eigenvalue weighted by Gasteiger charge is 2.51. The van der Waals surface area contributed by atoms with Crippen molar-refractivity contribution in [3.05, 3.63) is 10.6 Å². The third kappa shape index (κ3) is 2.37. The molecule has 2 saturated heterocycles. The van der Waals surface area contributed by atoms with Crippen molar-refractivity contribution in [1.29, 1.82) is 0 Å². The number of carbonyl (C=O) groups excluding carboxylic acids is 2. The highest BCUT2D eigenvalue weighted by molar-refractivity contribution is 7.17. The summed E-state index contributed by atoms with van der Waals surface area (Å²) < 4.78 is 0. The van der Waals surface area contributed by atoms with Crippen molar-refractivity contribution in [1.82, 2.24) is 14.8 Å². The predicted octanol–water partition coefficient (Wildman–Crippen LogP) is 1.51. The number of rotatable bonds is 3. The molecule has 1 aromatic heterocycles. The van der Waals surface area contributed by atoms with Crippen LogP contribution in [0.5, 0.6) is 0 Å². The van der Waals surface area contributed by atoms with Crippen LogP contribution >= 0.6 is 11.3 Å². The number of aromatic nitrogens is 1. The molecular weight excluding hydrogens is 300 g/mol. The average molecular weight is 322 g/mol. The molecule has 2 fully saturated rings. The van der Waals surface area contributed by atoms with Crippen LogP contribution in [0.3, 0.4) is 0 Å². The summed E-state index contributed by atoms with van der Waals surface area (Å²) >= 11 is 1.23. The third-order valence-electron chi connectivity index (χ3n) is 4.74. The predicted molar refractivity (Wildman–Crippen MR) is 85.7 cm³/mol. The number of amides is 2. The Morgan fingerprint density at radius 1 is 1.41 bits per heavy atom. The molecular formula is C15H22N4O2S. The van der Waals surface area contributed by atoms with Crippen LogP contribution in [0, 0.1) is 12.3 Å². The summed E-state index contributed by atoms with van der Waals surface area (Å²) in [5.74, 6) is 0.190. The zero-order valence-electron chi connectivity index (χ0n) is 13.1. The summed E-state index contributed by atoms with van der Waals surface area (Å²) in [5.41, 5.74) is 6.01. The Bertz CT molecular complexity index is 615. The number of nitrogens with zero attached hydrogens (tertiary/aromatic N) is 3. The van der Waals surface area contributed by atoms with Crippen molar-refractivity contribution < 1.29 is 9.59 Å². The molecule has 2 aliphatic rings. The molecule has 2 aliphatic heterocycles. The van der Waals surface area contributed by atoms with Crippen LogP contribution in [-0.2, 0) is 4.79 Å². The third-order valence-corrected chi connectivity index (χ3v) is 5.72. The van der Waals surface area contributed by atoms with Gasteiger partial charge in [0.05, 0.1) is 11.1 Å². The molecule has 1 aromatic rings. The van der Waals surface area contributed by atoms with Crippen molar-refractivity contribution in [3.8, 4) is 0 Å². The smallest absolute Gasteiger partial charge is 0.265 e. The van der Waals surface area contributed by atoms with Crippen LogP contribution in [0.25, 0.3) is 0 Å². The number of thiazole rings is 1. The molecule has 120 valence electrons. The zero-order valence-corrected chi connectivity index (χ0v) is 13.9. The molecule has 0 aromatic carbocycles. The van der Waals surface area contributed by atoms with E-state index in [1.54, 1.807) is 11.8 Å². The number of hydrogen-bond acceptors (Lipinski definition) is 5. The van der Waals surface area contributed by atoms with Gasteiger partial charge in [-0.05, 0) is 26.2 Å². The summed E-state index contributed by atoms with van der Waals surface area (Å²) in [6, 6.07) is 0. The molecule has 0 bridgehead atoms. The lowest BCUT2D eigenvalue weighted by Gasteiger charge is -2.23. The van der Waals surface area contributed by atoms with Gasteiger partial charge in [-0.3, -0.25) is 9.59 Å². The second-order valence-electron chi connectivity index (χ2n) is 6.27. The lowest BCUT2D eigenvalue weighted by Crippen LogP contribution is -2.38. The Labute approximate surface area is 134 Å². The fraction of sp³-hybridized carbons (Fsp3) is 0.667. The molecule has 0 aliphatic carbocycles. The summed E-state index contributed by atoms with van der Waals surface area (Å²) in [7, 11) is 0. The molecule has 0 saturated carbocycles. The van der Waals surface area contributed by atoms with Crippen LogP contribution in [-0.4, -0.2) is 52.8 Å². The standard InChI is InChI=1S/C15H22N4O2S/c1-3-6-18-7-4-15(13(18)21)5-8-19(9-15)12(20)11-10(2)17-14(16)22-11/h3-9H2,1-2H3,(H2,16,17). The highest BCUT2D eigenvalue weighted by Crippen LogP contribution is 2.41. The Balaban J connectivity index is 1.74. The van der Waals surface area contributed by atoms with Gasteiger partial charge in [-0.1, -0.05) is 18.3 Å². The van der Waals surface area contributed by atoms with Crippen molar-refractivity contribution in [2.75, 3.05) is 31.9 Å². The molecule has 3 rings (SSSR count). The molecule has 2 N–H and O–H groups in total. The lowest BCUT2D eigenvalue weighted by atomic mass is 9.85. The monoisotopic (exact) mass is 322 g/mol. The molecule has 1 spiro atoms. The zero-order chi connectivity index (χ0) is 15.9. The molecule has 7 heteroatoms. The Kier molecular flexibility index (Phi) is 3.84. The topological polar surface area (TPSA) is 79.5 Å². The fourth-order valence-electron chi connectivity index (χ4n) is 3.56. The first-order valence-electron chi connectivity index (χ1n) is 7.78. The minimum Gasteiger partial charge on any atom is -0.375 e. The number of carbonyl (C=O) groups is 2. The maximum Gasteiger partial charge on any atom is 0.265 e. The van der Waals surface area contributed by atoms with Crippen molar-refractivity contribution in [3.63, 3.8) is 0 Å². The van der Waals surface area contributed by atoms with Gasteiger partial charge in [0.25, 0.3) is 5.91 Å². The van der Waals surface area contributed by atoms with E-state index in [4.69, 9.17) is 5.73 Å². The van der Waals surface area contributed by atoms with Gasteiger partial charge in [0, 0.05) is 26.2 Å². The minimum absolute atomic E-state index is 0.0367. The maximum absolute atomic E-state index is 12.7. The van der Waals surface area contributed by atoms with Gasteiger partial charge in [0.1, 0.15) is 4.88 Å². The molecule has 1 atom stereocenters. The summed E-state index contributed by atoms with van der Waals surface area (Å²) in [4.78, 5) is 33.8. The molecule has 22 heavy (non-hydrogen) atoms. The first kappa shape index (κ1) is 15.3. The molecule has 0 radical (unpaired) electrons. The summed E-state index contributed by atoms with van der Waals surface area (Å²) in [6.07, 6.45) is 2.61. The lowest BCUT2D eigenvalue weighted by molar-refractivity contribution is -0.135. The van der Waals surface area contributed by atoms with E-state index in [1.807, 2.05) is 4.90 Å². The van der Waals surface area contributed by atoms with Gasteiger partial charge >= 0.3 is 0 Å². The highest BCUT2D eigenvalue weighted by atomic mass is 32.1. The van der Waals surface area contributed by atoms with E-state index in [1.165, 1.54) is 11.3 Å². The second kappa shape index (κ2) is 5.53. The number of nitrogen functional groups attached to an aromatic ring is 1. The molecule has 3 heterocycles. The average Bonchev–Trinajstić information content (AvgIpc) is 3.14. The van der Waals surface area contributed by atoms with Gasteiger partial charge in [0.2, 0.25) is 5.91 Å². The number of likely N-dealkylation sites (tertiary alicyclic amines) is 2. The fourth-order valence-corrected chi connectivity index (χ4v) is 4.36. The molecule has 1 unspecified atom stereocenters. The van der Waals surface area contributed by atoms with Gasteiger partial charge in [-0.25, -0.2) is 4.98 Å². The van der Waals surface area contributed by atoms with Crippen LogP contribution < -0.4 is 5.73 Å². The van der Waals surface area contributed by atoms with Crippen molar-refractivity contribution in [2.24, 2.45) is 5.41 Å². The normalized spacial score (nSPS) is 24.7. The van der Waals surface area contributed by atoms with Crippen LogP contribution in [0.2, 0.25) is 0 Å². The Morgan fingerprint density at radius 2 is 2.14 bits per heavy atom. The van der Waals surface area contributed by atoms with Crippen molar-refractivity contribution in [2.45, 2.75) is 33.1 Å². The van der Waals surface area contributed by atoms with Crippen LogP contribution in [0.15, 0.2) is 0 Å². The quantitative estimate of drug-likeness (QED) is 0.915. The second-order valence-corrected chi connectivity index (χ2v) is 7.30. The van der Waals surface area contributed by atoms with E-state index in [-0.39, 0.29) is 17.2 Å². The number of aryl methyl sites for hydroxylation is 1. The Morgan fingerprint density at radius 3 is 2.77 bits per heavy atom. The van der Waals surface area contributed by atoms with Crippen LogP contribution in [0.4, 0.5) is 5.13 Å². The van der Waals surface area contributed by atoms with Crippen molar-refractivity contribution >= 4 is 28.3 Å². The van der Waals surface area contributed by atoms with Crippen LogP contribution in [0.1, 0.15) is 41.6 Å². The van der Waals surface area contributed by atoms with E-state index in [0.29, 0.717) is 28.8 Å². The first-order valence-corrected chi connectivity index (χ1v) is 8.60. The van der Waals surface area contributed by atoms with Gasteiger partial charge in [0.15, 0.2) is 5.13 Å². The Hall–Kier alpha value is -1.63.